The Labute approximate surface area is 146 Å². The van der Waals surface area contributed by atoms with Crippen molar-refractivity contribution in [3.8, 4) is 0 Å². The standard InChI is InChI=1S/C19H30NO3S/c1-4-20(14-13-16(3)18-7-5-6-8-19(18)20)23-24(21,22)17-11-9-15(2)10-12-17/h9-12,16,18-19H,4-8,13-14H2,1-3H3/q+1. The van der Waals surface area contributed by atoms with Gasteiger partial charge in [-0.05, 0) is 44.7 Å². The Balaban J connectivity index is 1.91. The summed E-state index contributed by atoms with van der Waals surface area (Å²) in [7, 11) is -3.74. The van der Waals surface area contributed by atoms with Gasteiger partial charge in [-0.3, -0.25) is 0 Å². The van der Waals surface area contributed by atoms with Crippen molar-refractivity contribution < 1.29 is 17.3 Å². The molecule has 2 aliphatic rings. The average Bonchev–Trinajstić information content (AvgIpc) is 2.58. The Morgan fingerprint density at radius 2 is 1.79 bits per heavy atom. The van der Waals surface area contributed by atoms with Gasteiger partial charge in [-0.25, -0.2) is 0 Å². The largest absolute Gasteiger partial charge is 0.342 e. The van der Waals surface area contributed by atoms with Crippen molar-refractivity contribution in [1.82, 2.24) is 0 Å². The quantitative estimate of drug-likeness (QED) is 0.768. The van der Waals surface area contributed by atoms with E-state index in [1.807, 2.05) is 19.1 Å². The molecule has 4 atom stereocenters. The number of nitrogens with zero attached hydrogens (tertiary/aromatic N) is 1. The highest BCUT2D eigenvalue weighted by atomic mass is 32.2. The number of hydrogen-bond acceptors (Lipinski definition) is 3. The summed E-state index contributed by atoms with van der Waals surface area (Å²) in [5, 5.41) is 0. The first-order valence-electron chi connectivity index (χ1n) is 9.27. The number of benzene rings is 1. The van der Waals surface area contributed by atoms with E-state index < -0.39 is 10.1 Å². The predicted molar refractivity (Wildman–Crippen MR) is 94.6 cm³/mol. The normalized spacial score (nSPS) is 33.9. The van der Waals surface area contributed by atoms with Crippen LogP contribution < -0.4 is 0 Å². The monoisotopic (exact) mass is 352 g/mol. The van der Waals surface area contributed by atoms with Crippen molar-refractivity contribution in [3.05, 3.63) is 29.8 Å². The fourth-order valence-electron chi connectivity index (χ4n) is 4.67. The van der Waals surface area contributed by atoms with Crippen LogP contribution in [0, 0.1) is 18.8 Å². The fraction of sp³-hybridized carbons (Fsp3) is 0.684. The maximum Gasteiger partial charge on any atom is 0.342 e. The van der Waals surface area contributed by atoms with E-state index in [2.05, 4.69) is 13.8 Å². The predicted octanol–water partition coefficient (Wildman–Crippen LogP) is 4.05. The Morgan fingerprint density at radius 1 is 1.12 bits per heavy atom. The average molecular weight is 353 g/mol. The summed E-state index contributed by atoms with van der Waals surface area (Å²) in [6, 6.07) is 7.28. The second-order valence-corrected chi connectivity index (χ2v) is 9.14. The minimum absolute atomic E-state index is 0.269. The van der Waals surface area contributed by atoms with Crippen LogP contribution in [-0.4, -0.2) is 32.2 Å². The molecule has 4 nitrogen and oxygen atoms in total. The first kappa shape index (κ1) is 17.9. The van der Waals surface area contributed by atoms with Crippen molar-refractivity contribution in [2.75, 3.05) is 13.1 Å². The molecular formula is C19H30NO3S+. The van der Waals surface area contributed by atoms with Crippen LogP contribution >= 0.6 is 0 Å². The van der Waals surface area contributed by atoms with Gasteiger partial charge in [-0.2, -0.15) is 13.1 Å². The van der Waals surface area contributed by atoms with Crippen LogP contribution in [0.3, 0.4) is 0 Å². The molecule has 0 aromatic heterocycles. The maximum absolute atomic E-state index is 12.9. The Kier molecular flexibility index (Phi) is 5.05. The molecule has 1 aromatic rings. The zero-order valence-electron chi connectivity index (χ0n) is 15.1. The molecule has 0 bridgehead atoms. The van der Waals surface area contributed by atoms with Crippen LogP contribution in [0.1, 0.15) is 51.5 Å². The number of piperidine rings is 1. The van der Waals surface area contributed by atoms with Gasteiger partial charge >= 0.3 is 10.1 Å². The lowest BCUT2D eigenvalue weighted by Crippen LogP contribution is -2.64. The van der Waals surface area contributed by atoms with Crippen LogP contribution in [0.5, 0.6) is 0 Å². The second kappa shape index (κ2) is 6.77. The molecule has 3 rings (SSSR count). The van der Waals surface area contributed by atoms with Crippen molar-refractivity contribution in [1.29, 1.82) is 0 Å². The molecule has 1 heterocycles. The zero-order chi connectivity index (χ0) is 17.4. The van der Waals surface area contributed by atoms with Gasteiger partial charge in [-0.1, -0.05) is 35.3 Å². The molecule has 0 spiro atoms. The first-order valence-corrected chi connectivity index (χ1v) is 10.7. The highest BCUT2D eigenvalue weighted by Crippen LogP contribution is 2.44. The van der Waals surface area contributed by atoms with Crippen LogP contribution in [0.15, 0.2) is 29.2 Å². The molecule has 1 aliphatic heterocycles. The topological polar surface area (TPSA) is 43.4 Å². The van der Waals surface area contributed by atoms with Crippen molar-refractivity contribution >= 4 is 10.1 Å². The van der Waals surface area contributed by atoms with E-state index >= 15 is 0 Å². The Bertz CT molecular complexity index is 670. The molecule has 0 radical (unpaired) electrons. The van der Waals surface area contributed by atoms with Crippen LogP contribution in [-0.2, 0) is 14.4 Å². The van der Waals surface area contributed by atoms with E-state index in [-0.39, 0.29) is 9.54 Å². The van der Waals surface area contributed by atoms with Crippen molar-refractivity contribution in [3.63, 3.8) is 0 Å². The maximum atomic E-state index is 12.9. The number of rotatable bonds is 4. The highest BCUT2D eigenvalue weighted by molar-refractivity contribution is 7.86. The Hall–Kier alpha value is -0.910. The number of hydroxylamine groups is 3. The number of aryl methyl sites for hydroxylation is 1. The lowest BCUT2D eigenvalue weighted by molar-refractivity contribution is -1.10. The molecule has 1 saturated heterocycles. The molecule has 134 valence electrons. The van der Waals surface area contributed by atoms with Gasteiger partial charge in [0.1, 0.15) is 19.1 Å². The van der Waals surface area contributed by atoms with Gasteiger partial charge in [0, 0.05) is 18.8 Å². The van der Waals surface area contributed by atoms with Crippen LogP contribution in [0.25, 0.3) is 0 Å². The van der Waals surface area contributed by atoms with Crippen molar-refractivity contribution in [2.24, 2.45) is 11.8 Å². The summed E-state index contributed by atoms with van der Waals surface area (Å²) in [5.41, 5.74) is 1.05. The number of fused-ring (bicyclic) bond motifs is 1. The molecule has 24 heavy (non-hydrogen) atoms. The third kappa shape index (κ3) is 3.26. The van der Waals surface area contributed by atoms with E-state index in [9.17, 15) is 8.42 Å². The number of quaternary nitrogens is 1. The smallest absolute Gasteiger partial charge is 0.189 e. The SMILES string of the molecule is CC[N+]1(OS(=O)(=O)c2ccc(C)cc2)CCC(C)C2CCCCC21. The molecular weight excluding hydrogens is 322 g/mol. The Morgan fingerprint density at radius 3 is 2.46 bits per heavy atom. The molecule has 1 aromatic carbocycles. The molecule has 0 N–H and O–H groups in total. The lowest BCUT2D eigenvalue weighted by Gasteiger charge is -2.50. The van der Waals surface area contributed by atoms with E-state index in [0.29, 0.717) is 24.4 Å². The van der Waals surface area contributed by atoms with Crippen molar-refractivity contribution in [2.45, 2.75) is 63.8 Å². The molecule has 5 heteroatoms. The van der Waals surface area contributed by atoms with Gasteiger partial charge in [0.05, 0.1) is 4.90 Å². The third-order valence-electron chi connectivity index (χ3n) is 6.17. The van der Waals surface area contributed by atoms with Gasteiger partial charge in [-0.15, -0.1) is 0 Å². The van der Waals surface area contributed by atoms with E-state index in [1.165, 1.54) is 19.3 Å². The summed E-state index contributed by atoms with van der Waals surface area (Å²) in [6.07, 6.45) is 5.77. The first-order chi connectivity index (χ1) is 11.4. The molecule has 1 saturated carbocycles. The molecule has 1 aliphatic carbocycles. The number of likely N-dealkylation sites (tertiary alicyclic amines) is 1. The molecule has 2 fully saturated rings. The van der Waals surface area contributed by atoms with Gasteiger partial charge in [0.2, 0.25) is 0 Å². The van der Waals surface area contributed by atoms with Gasteiger partial charge in [0.25, 0.3) is 0 Å². The van der Waals surface area contributed by atoms with Crippen LogP contribution in [0.2, 0.25) is 0 Å². The highest BCUT2D eigenvalue weighted by Gasteiger charge is 2.52. The van der Waals surface area contributed by atoms with Crippen LogP contribution in [0.4, 0.5) is 0 Å². The van der Waals surface area contributed by atoms with E-state index in [4.69, 9.17) is 4.28 Å². The summed E-state index contributed by atoms with van der Waals surface area (Å²) >= 11 is 0. The minimum atomic E-state index is -3.74. The van der Waals surface area contributed by atoms with Gasteiger partial charge < -0.3 is 0 Å². The zero-order valence-corrected chi connectivity index (χ0v) is 15.9. The summed E-state index contributed by atoms with van der Waals surface area (Å²) < 4.78 is 32.0. The molecule has 0 amide bonds. The minimum Gasteiger partial charge on any atom is -0.189 e. The summed E-state index contributed by atoms with van der Waals surface area (Å²) in [6.45, 7) is 7.84. The second-order valence-electron chi connectivity index (χ2n) is 7.62. The summed E-state index contributed by atoms with van der Waals surface area (Å²) in [5.74, 6) is 1.25. The lowest BCUT2D eigenvalue weighted by atomic mass is 9.72. The number of hydrogen-bond donors (Lipinski definition) is 0. The third-order valence-corrected chi connectivity index (χ3v) is 7.51. The van der Waals surface area contributed by atoms with Gasteiger partial charge in [0.15, 0.2) is 0 Å². The van der Waals surface area contributed by atoms with E-state index in [0.717, 1.165) is 24.9 Å². The van der Waals surface area contributed by atoms with E-state index in [1.54, 1.807) is 12.1 Å². The molecule has 4 unspecified atom stereocenters. The fourth-order valence-corrected chi connectivity index (χ4v) is 5.91. The summed E-state index contributed by atoms with van der Waals surface area (Å²) in [4.78, 5) is 0.269.